The number of nitrogens with one attached hydrogen (secondary N) is 2. The summed E-state index contributed by atoms with van der Waals surface area (Å²) in [6, 6.07) is 4.47. The molecular weight excluding hydrogens is 216 g/mol. The van der Waals surface area contributed by atoms with Crippen LogP contribution in [-0.4, -0.2) is 25.9 Å². The monoisotopic (exact) mass is 229 g/mol. The molecule has 0 aliphatic rings. The van der Waals surface area contributed by atoms with Crippen molar-refractivity contribution in [3.05, 3.63) is 23.8 Å². The maximum Gasteiger partial charge on any atom is 0.255 e. The molecule has 0 atom stereocenters. The molecule has 4 N–H and O–H groups in total. The van der Waals surface area contributed by atoms with Gasteiger partial charge in [-0.15, -0.1) is 0 Å². The van der Waals surface area contributed by atoms with Crippen LogP contribution in [0.1, 0.15) is 10.4 Å². The van der Waals surface area contributed by atoms with Crippen molar-refractivity contribution in [2.24, 2.45) is 0 Å². The lowest BCUT2D eigenvalue weighted by Gasteiger charge is -2.10. The van der Waals surface area contributed by atoms with Gasteiger partial charge >= 0.3 is 0 Å². The number of hydrogen-bond acceptors (Lipinski definition) is 3. The van der Waals surface area contributed by atoms with Gasteiger partial charge in [0, 0.05) is 12.6 Å². The van der Waals surface area contributed by atoms with Crippen LogP contribution in [0.15, 0.2) is 18.2 Å². The highest BCUT2D eigenvalue weighted by Gasteiger charge is 2.08. The van der Waals surface area contributed by atoms with E-state index in [0.717, 1.165) is 0 Å². The molecule has 0 fully saturated rings. The van der Waals surface area contributed by atoms with Crippen LogP contribution in [0.3, 0.4) is 0 Å². The number of nitrogens with two attached hydrogens (primary N) is 1. The van der Waals surface area contributed by atoms with E-state index in [4.69, 9.17) is 5.73 Å². The molecule has 0 aliphatic heterocycles. The highest BCUT2D eigenvalue weighted by atomic mass is 19.3. The van der Waals surface area contributed by atoms with E-state index in [1.807, 2.05) is 0 Å². The summed E-state index contributed by atoms with van der Waals surface area (Å²) in [4.78, 5) is 11.3. The number of hydrogen-bond donors (Lipinski definition) is 3. The zero-order valence-electron chi connectivity index (χ0n) is 8.76. The SMILES string of the molecule is CNC(=O)c1ccc(N)c(NCC(F)F)c1. The Morgan fingerprint density at radius 1 is 1.50 bits per heavy atom. The number of halogens is 2. The van der Waals surface area contributed by atoms with Crippen LogP contribution in [0.25, 0.3) is 0 Å². The van der Waals surface area contributed by atoms with Gasteiger partial charge in [0.05, 0.1) is 17.9 Å². The molecule has 0 unspecified atom stereocenters. The average Bonchev–Trinajstić information content (AvgIpc) is 2.26. The van der Waals surface area contributed by atoms with Crippen LogP contribution >= 0.6 is 0 Å². The molecule has 0 heterocycles. The lowest BCUT2D eigenvalue weighted by molar-refractivity contribution is 0.0963. The predicted molar refractivity (Wildman–Crippen MR) is 58.7 cm³/mol. The summed E-state index contributed by atoms with van der Waals surface area (Å²) in [5.41, 5.74) is 6.61. The van der Waals surface area contributed by atoms with E-state index in [2.05, 4.69) is 10.6 Å². The van der Waals surface area contributed by atoms with Gasteiger partial charge in [-0.25, -0.2) is 8.78 Å². The fourth-order valence-electron chi connectivity index (χ4n) is 1.18. The Morgan fingerprint density at radius 3 is 2.75 bits per heavy atom. The summed E-state index contributed by atoms with van der Waals surface area (Å²) in [6.07, 6.45) is -2.47. The minimum absolute atomic E-state index is 0.292. The van der Waals surface area contributed by atoms with Crippen molar-refractivity contribution in [3.63, 3.8) is 0 Å². The molecule has 0 saturated carbocycles. The van der Waals surface area contributed by atoms with Crippen LogP contribution in [0.2, 0.25) is 0 Å². The summed E-state index contributed by atoms with van der Waals surface area (Å²) >= 11 is 0. The maximum absolute atomic E-state index is 12.0. The molecule has 0 saturated heterocycles. The first kappa shape index (κ1) is 12.2. The fourth-order valence-corrected chi connectivity index (χ4v) is 1.18. The average molecular weight is 229 g/mol. The zero-order valence-corrected chi connectivity index (χ0v) is 8.76. The molecule has 4 nitrogen and oxygen atoms in total. The van der Waals surface area contributed by atoms with Crippen molar-refractivity contribution in [1.29, 1.82) is 0 Å². The van der Waals surface area contributed by atoms with Gasteiger partial charge in [0.15, 0.2) is 0 Å². The van der Waals surface area contributed by atoms with Crippen LogP contribution in [0, 0.1) is 0 Å². The zero-order chi connectivity index (χ0) is 12.1. The molecule has 0 aromatic heterocycles. The molecule has 1 aromatic carbocycles. The van der Waals surface area contributed by atoms with Gasteiger partial charge in [0.2, 0.25) is 0 Å². The minimum Gasteiger partial charge on any atom is -0.397 e. The van der Waals surface area contributed by atoms with Crippen LogP contribution in [-0.2, 0) is 0 Å². The Balaban J connectivity index is 2.86. The first-order chi connectivity index (χ1) is 7.54. The molecule has 6 heteroatoms. The van der Waals surface area contributed by atoms with E-state index < -0.39 is 13.0 Å². The topological polar surface area (TPSA) is 67.2 Å². The number of nitrogen functional groups attached to an aromatic ring is 1. The summed E-state index contributed by atoms with van der Waals surface area (Å²) in [6.45, 7) is -0.499. The molecule has 1 aromatic rings. The second-order valence-corrected chi connectivity index (χ2v) is 3.15. The number of amides is 1. The number of anilines is 2. The van der Waals surface area contributed by atoms with Crippen LogP contribution < -0.4 is 16.4 Å². The first-order valence-electron chi connectivity index (χ1n) is 4.68. The van der Waals surface area contributed by atoms with Gasteiger partial charge in [-0.2, -0.15) is 0 Å². The minimum atomic E-state index is -2.47. The van der Waals surface area contributed by atoms with Gasteiger partial charge in [0.25, 0.3) is 12.3 Å². The molecule has 1 amide bonds. The predicted octanol–water partition coefficient (Wildman–Crippen LogP) is 1.31. The fraction of sp³-hybridized carbons (Fsp3) is 0.300. The molecule has 0 aliphatic carbocycles. The molecule has 1 rings (SSSR count). The van der Waals surface area contributed by atoms with E-state index in [0.29, 0.717) is 16.9 Å². The third-order valence-corrected chi connectivity index (χ3v) is 1.99. The largest absolute Gasteiger partial charge is 0.397 e. The third kappa shape index (κ3) is 3.08. The van der Waals surface area contributed by atoms with E-state index in [1.165, 1.54) is 25.2 Å². The number of carbonyl (C=O) groups is 1. The Morgan fingerprint density at radius 2 is 2.19 bits per heavy atom. The van der Waals surface area contributed by atoms with Crippen molar-refractivity contribution in [2.75, 3.05) is 24.6 Å². The Kier molecular flexibility index (Phi) is 4.04. The number of alkyl halides is 2. The Labute approximate surface area is 91.8 Å². The second-order valence-electron chi connectivity index (χ2n) is 3.15. The summed E-state index contributed by atoms with van der Waals surface area (Å²) in [5, 5.41) is 4.91. The molecule has 0 spiro atoms. The van der Waals surface area contributed by atoms with Crippen molar-refractivity contribution >= 4 is 17.3 Å². The van der Waals surface area contributed by atoms with E-state index in [1.54, 1.807) is 0 Å². The quantitative estimate of drug-likeness (QED) is 0.682. The molecule has 0 bridgehead atoms. The smallest absolute Gasteiger partial charge is 0.255 e. The summed E-state index contributed by atoms with van der Waals surface area (Å²) in [5.74, 6) is -0.292. The van der Waals surface area contributed by atoms with Crippen LogP contribution in [0.5, 0.6) is 0 Å². The Bertz CT molecular complexity index is 382. The van der Waals surface area contributed by atoms with Gasteiger partial charge in [-0.3, -0.25) is 4.79 Å². The number of benzene rings is 1. The van der Waals surface area contributed by atoms with Crippen LogP contribution in [0.4, 0.5) is 20.2 Å². The lowest BCUT2D eigenvalue weighted by Crippen LogP contribution is -2.18. The molecule has 16 heavy (non-hydrogen) atoms. The number of rotatable bonds is 4. The van der Waals surface area contributed by atoms with Gasteiger partial charge in [0.1, 0.15) is 0 Å². The third-order valence-electron chi connectivity index (χ3n) is 1.99. The van der Waals surface area contributed by atoms with Crippen molar-refractivity contribution in [1.82, 2.24) is 5.32 Å². The second kappa shape index (κ2) is 5.29. The summed E-state index contributed by atoms with van der Waals surface area (Å²) < 4.78 is 24.0. The van der Waals surface area contributed by atoms with Gasteiger partial charge in [-0.05, 0) is 18.2 Å². The normalized spacial score (nSPS) is 10.2. The summed E-state index contributed by atoms with van der Waals surface area (Å²) in [7, 11) is 1.49. The molecule has 88 valence electrons. The standard InChI is InChI=1S/C10H13F2N3O/c1-14-10(16)6-2-3-7(13)8(4-6)15-5-9(11)12/h2-4,9,15H,5,13H2,1H3,(H,14,16). The van der Waals surface area contributed by atoms with Crippen molar-refractivity contribution in [3.8, 4) is 0 Å². The highest BCUT2D eigenvalue weighted by molar-refractivity contribution is 5.96. The maximum atomic E-state index is 12.0. The van der Waals surface area contributed by atoms with Gasteiger partial charge < -0.3 is 16.4 Å². The van der Waals surface area contributed by atoms with Crippen molar-refractivity contribution in [2.45, 2.75) is 6.43 Å². The van der Waals surface area contributed by atoms with Gasteiger partial charge in [-0.1, -0.05) is 0 Å². The molecule has 0 radical (unpaired) electrons. The lowest BCUT2D eigenvalue weighted by atomic mass is 10.1. The van der Waals surface area contributed by atoms with E-state index in [9.17, 15) is 13.6 Å². The van der Waals surface area contributed by atoms with E-state index in [-0.39, 0.29) is 5.91 Å². The van der Waals surface area contributed by atoms with E-state index >= 15 is 0 Å². The molecular formula is C10H13F2N3O. The first-order valence-corrected chi connectivity index (χ1v) is 4.68. The number of carbonyl (C=O) groups excluding carboxylic acids is 1. The Hall–Kier alpha value is -1.85. The highest BCUT2D eigenvalue weighted by Crippen LogP contribution is 2.20. The van der Waals surface area contributed by atoms with Crippen molar-refractivity contribution < 1.29 is 13.6 Å².